The van der Waals surface area contributed by atoms with Crippen molar-refractivity contribution < 1.29 is 50.0 Å². The Bertz CT molecular complexity index is 1230. The Morgan fingerprint density at radius 1 is 0.507 bits per heavy atom. The van der Waals surface area contributed by atoms with Crippen LogP contribution in [0.15, 0.2) is 48.6 Å². The number of hydrogen-bond acceptors (Lipinski definition) is 10. The van der Waals surface area contributed by atoms with Crippen LogP contribution in [-0.2, 0) is 14.3 Å². The number of hydrogen-bond donors (Lipinski definition) is 8. The SMILES string of the molecule is CCCCCCCCC/C=C\CCCCCCC(O)C(=O)NC(COC1OC(CO)C(O)C(O)C1O)C(O)C(O)CCC/C=C/CC/C=C/CC/C=C/CCCCCCCCCCCCCC. The first kappa shape index (κ1) is 63.1. The van der Waals surface area contributed by atoms with Gasteiger partial charge in [0, 0.05) is 0 Å². The molecule has 392 valence electrons. The molecule has 1 aliphatic heterocycles. The number of rotatable bonds is 46. The Hall–Kier alpha value is -1.93. The summed E-state index contributed by atoms with van der Waals surface area (Å²) < 4.78 is 11.1. The van der Waals surface area contributed by atoms with Gasteiger partial charge in [-0.3, -0.25) is 4.79 Å². The molecule has 0 radical (unpaired) electrons. The van der Waals surface area contributed by atoms with Crippen LogP contribution in [0.25, 0.3) is 0 Å². The number of nitrogens with one attached hydrogen (secondary N) is 1. The lowest BCUT2D eigenvalue weighted by atomic mass is 9.98. The molecule has 11 nitrogen and oxygen atoms in total. The average molecular weight is 950 g/mol. The molecule has 0 bridgehead atoms. The summed E-state index contributed by atoms with van der Waals surface area (Å²) in [5, 5.41) is 75.9. The van der Waals surface area contributed by atoms with Gasteiger partial charge in [-0.25, -0.2) is 0 Å². The number of carbonyl (C=O) groups is 1. The van der Waals surface area contributed by atoms with Crippen LogP contribution in [0.2, 0.25) is 0 Å². The predicted molar refractivity (Wildman–Crippen MR) is 275 cm³/mol. The number of unbranched alkanes of at least 4 members (excludes halogenated alkanes) is 26. The van der Waals surface area contributed by atoms with Gasteiger partial charge in [-0.2, -0.15) is 0 Å². The molecule has 1 amide bonds. The zero-order chi connectivity index (χ0) is 49.0. The zero-order valence-corrected chi connectivity index (χ0v) is 42.6. The zero-order valence-electron chi connectivity index (χ0n) is 42.6. The van der Waals surface area contributed by atoms with E-state index >= 15 is 0 Å². The molecule has 0 aromatic rings. The third kappa shape index (κ3) is 34.1. The second kappa shape index (κ2) is 45.2. The highest BCUT2D eigenvalue weighted by atomic mass is 16.7. The van der Waals surface area contributed by atoms with Gasteiger partial charge in [-0.1, -0.05) is 191 Å². The summed E-state index contributed by atoms with van der Waals surface area (Å²) in [5.74, 6) is -0.722. The molecular formula is C56H103NO10. The molecule has 0 saturated carbocycles. The first-order chi connectivity index (χ1) is 32.7. The summed E-state index contributed by atoms with van der Waals surface area (Å²) in [6.45, 7) is 3.42. The van der Waals surface area contributed by atoms with Crippen LogP contribution in [-0.4, -0.2) is 110 Å². The van der Waals surface area contributed by atoms with Crippen molar-refractivity contribution in [1.82, 2.24) is 5.32 Å². The molecule has 0 aromatic carbocycles. The first-order valence-electron chi connectivity index (χ1n) is 27.5. The molecule has 9 unspecified atom stereocenters. The van der Waals surface area contributed by atoms with Crippen LogP contribution < -0.4 is 5.32 Å². The van der Waals surface area contributed by atoms with Crippen molar-refractivity contribution in [3.63, 3.8) is 0 Å². The number of carbonyl (C=O) groups excluding carboxylic acids is 1. The van der Waals surface area contributed by atoms with Crippen LogP contribution in [0.3, 0.4) is 0 Å². The summed E-state index contributed by atoms with van der Waals surface area (Å²) in [6, 6.07) is -1.20. The van der Waals surface area contributed by atoms with Gasteiger partial charge in [0.25, 0.3) is 0 Å². The standard InChI is InChI=1S/C56H103NO10/c1-3-5-7-9-11-13-15-17-19-20-21-22-23-24-25-26-27-28-30-31-33-35-37-39-41-43-48(59)51(61)47(46-66-56-54(64)53(63)52(62)50(45-58)67-56)57-55(65)49(60)44-42-40-38-36-34-32-29-18-16-14-12-10-8-6-4-2/h24-25,28-30,32,35,37,47-54,56,58-64H,3-23,26-27,31,33-34,36,38-46H2,1-2H3,(H,57,65)/b25-24+,30-28+,32-29-,37-35+. The quantitative estimate of drug-likeness (QED) is 0.0215. The minimum absolute atomic E-state index is 0.234. The number of aliphatic hydroxyl groups is 7. The van der Waals surface area contributed by atoms with E-state index in [1.165, 1.54) is 128 Å². The van der Waals surface area contributed by atoms with Gasteiger partial charge in [-0.05, 0) is 89.9 Å². The van der Waals surface area contributed by atoms with Gasteiger partial charge in [0.15, 0.2) is 6.29 Å². The van der Waals surface area contributed by atoms with Crippen molar-refractivity contribution in [3.05, 3.63) is 48.6 Å². The number of aliphatic hydroxyl groups excluding tert-OH is 7. The molecule has 1 aliphatic rings. The fraction of sp³-hybridized carbons (Fsp3) is 0.839. The van der Waals surface area contributed by atoms with Gasteiger partial charge in [0.2, 0.25) is 5.91 Å². The van der Waals surface area contributed by atoms with Gasteiger partial charge in [0.1, 0.15) is 36.6 Å². The molecule has 1 saturated heterocycles. The lowest BCUT2D eigenvalue weighted by Crippen LogP contribution is -2.60. The Kier molecular flexibility index (Phi) is 42.6. The Morgan fingerprint density at radius 2 is 0.896 bits per heavy atom. The van der Waals surface area contributed by atoms with Gasteiger partial charge < -0.3 is 50.5 Å². The topological polar surface area (TPSA) is 189 Å². The molecule has 0 spiro atoms. The molecule has 9 atom stereocenters. The van der Waals surface area contributed by atoms with Crippen molar-refractivity contribution in [1.29, 1.82) is 0 Å². The number of allylic oxidation sites excluding steroid dienone is 8. The van der Waals surface area contributed by atoms with E-state index in [-0.39, 0.29) is 12.8 Å². The second-order valence-corrected chi connectivity index (χ2v) is 19.3. The normalized spacial score (nSPS) is 21.0. The molecule has 0 aromatic heterocycles. The van der Waals surface area contributed by atoms with E-state index in [9.17, 15) is 40.5 Å². The summed E-state index contributed by atoms with van der Waals surface area (Å²) in [6.07, 6.45) is 44.5. The highest BCUT2D eigenvalue weighted by molar-refractivity contribution is 5.80. The van der Waals surface area contributed by atoms with Crippen molar-refractivity contribution >= 4 is 5.91 Å². The minimum Gasteiger partial charge on any atom is -0.394 e. The average Bonchev–Trinajstić information content (AvgIpc) is 3.33. The maximum atomic E-state index is 13.1. The smallest absolute Gasteiger partial charge is 0.249 e. The second-order valence-electron chi connectivity index (χ2n) is 19.3. The highest BCUT2D eigenvalue weighted by Gasteiger charge is 2.44. The molecule has 8 N–H and O–H groups in total. The maximum Gasteiger partial charge on any atom is 0.249 e. The molecule has 1 fully saturated rings. The lowest BCUT2D eigenvalue weighted by Gasteiger charge is -2.40. The van der Waals surface area contributed by atoms with Crippen LogP contribution in [0.4, 0.5) is 0 Å². The lowest BCUT2D eigenvalue weighted by molar-refractivity contribution is -0.303. The van der Waals surface area contributed by atoms with E-state index in [0.29, 0.717) is 19.3 Å². The monoisotopic (exact) mass is 950 g/mol. The van der Waals surface area contributed by atoms with Crippen molar-refractivity contribution in [2.45, 2.75) is 287 Å². The Morgan fingerprint density at radius 3 is 1.33 bits per heavy atom. The van der Waals surface area contributed by atoms with E-state index in [1.807, 2.05) is 0 Å². The van der Waals surface area contributed by atoms with Crippen LogP contribution in [0.1, 0.15) is 232 Å². The first-order valence-corrected chi connectivity index (χ1v) is 27.5. The van der Waals surface area contributed by atoms with Gasteiger partial charge >= 0.3 is 0 Å². The molecule has 0 aliphatic carbocycles. The van der Waals surface area contributed by atoms with E-state index in [0.717, 1.165) is 57.8 Å². The fourth-order valence-electron chi connectivity index (χ4n) is 8.53. The molecule has 1 rings (SSSR count). The van der Waals surface area contributed by atoms with Crippen LogP contribution in [0.5, 0.6) is 0 Å². The largest absolute Gasteiger partial charge is 0.394 e. The number of amides is 1. The van der Waals surface area contributed by atoms with E-state index in [4.69, 9.17) is 9.47 Å². The summed E-state index contributed by atoms with van der Waals surface area (Å²) in [7, 11) is 0. The maximum absolute atomic E-state index is 13.1. The van der Waals surface area contributed by atoms with Crippen LogP contribution in [0, 0.1) is 0 Å². The summed E-state index contributed by atoms with van der Waals surface area (Å²) in [4.78, 5) is 13.1. The van der Waals surface area contributed by atoms with E-state index < -0.39 is 74.2 Å². The van der Waals surface area contributed by atoms with Crippen molar-refractivity contribution in [2.24, 2.45) is 0 Å². The number of ether oxygens (including phenoxy) is 2. The highest BCUT2D eigenvalue weighted by Crippen LogP contribution is 2.23. The van der Waals surface area contributed by atoms with Gasteiger partial charge in [-0.15, -0.1) is 0 Å². The van der Waals surface area contributed by atoms with Gasteiger partial charge in [0.05, 0.1) is 25.4 Å². The molecular weight excluding hydrogens is 847 g/mol. The van der Waals surface area contributed by atoms with Crippen molar-refractivity contribution in [2.75, 3.05) is 13.2 Å². The molecule has 11 heteroatoms. The van der Waals surface area contributed by atoms with Crippen molar-refractivity contribution in [3.8, 4) is 0 Å². The predicted octanol–water partition coefficient (Wildman–Crippen LogP) is 10.9. The summed E-state index contributed by atoms with van der Waals surface area (Å²) >= 11 is 0. The Balaban J connectivity index is 2.39. The summed E-state index contributed by atoms with van der Waals surface area (Å²) in [5.41, 5.74) is 0. The molecule has 1 heterocycles. The fourth-order valence-corrected chi connectivity index (χ4v) is 8.53. The molecule has 67 heavy (non-hydrogen) atoms. The third-order valence-corrected chi connectivity index (χ3v) is 13.1. The minimum atomic E-state index is -1.68. The van der Waals surface area contributed by atoms with Crippen LogP contribution >= 0.6 is 0 Å². The van der Waals surface area contributed by atoms with E-state index in [1.54, 1.807) is 0 Å². The third-order valence-electron chi connectivity index (χ3n) is 13.1. The Labute approximate surface area is 409 Å². The van der Waals surface area contributed by atoms with E-state index in [2.05, 4.69) is 67.8 Å².